The van der Waals surface area contributed by atoms with Gasteiger partial charge in [-0.3, -0.25) is 9.59 Å². The Labute approximate surface area is 187 Å². The van der Waals surface area contributed by atoms with Gasteiger partial charge in [0, 0.05) is 31.2 Å². The quantitative estimate of drug-likeness (QED) is 0.582. The average molecular weight is 465 g/mol. The molecular formula is C20H18Cl2N4O3S. The van der Waals surface area contributed by atoms with Gasteiger partial charge in [-0.05, 0) is 36.6 Å². The first-order valence-electron chi connectivity index (χ1n) is 9.32. The summed E-state index contributed by atoms with van der Waals surface area (Å²) in [6, 6.07) is 8.60. The summed E-state index contributed by atoms with van der Waals surface area (Å²) in [5, 5.41) is 6.60. The molecule has 2 amide bonds. The fourth-order valence-corrected chi connectivity index (χ4v) is 4.32. The van der Waals surface area contributed by atoms with E-state index >= 15 is 0 Å². The van der Waals surface area contributed by atoms with Gasteiger partial charge < -0.3 is 14.3 Å². The lowest BCUT2D eigenvalue weighted by molar-refractivity contribution is -0.133. The van der Waals surface area contributed by atoms with Crippen LogP contribution in [0.25, 0.3) is 11.5 Å². The molecule has 3 heterocycles. The predicted molar refractivity (Wildman–Crippen MR) is 115 cm³/mol. The molecule has 3 aromatic rings. The largest absolute Gasteiger partial charge is 0.338 e. The van der Waals surface area contributed by atoms with E-state index in [1.807, 2.05) is 29.3 Å². The first-order valence-corrected chi connectivity index (χ1v) is 11.0. The number of rotatable bonds is 4. The van der Waals surface area contributed by atoms with Gasteiger partial charge in [-0.2, -0.15) is 4.98 Å². The Morgan fingerprint density at radius 3 is 2.77 bits per heavy atom. The molecule has 1 fully saturated rings. The first-order chi connectivity index (χ1) is 14.4. The van der Waals surface area contributed by atoms with E-state index < -0.39 is 0 Å². The van der Waals surface area contributed by atoms with E-state index in [-0.39, 0.29) is 30.2 Å². The van der Waals surface area contributed by atoms with Gasteiger partial charge in [-0.1, -0.05) is 34.4 Å². The zero-order valence-corrected chi connectivity index (χ0v) is 18.4. The van der Waals surface area contributed by atoms with Crippen LogP contribution >= 0.6 is 34.5 Å². The number of halogens is 2. The molecule has 0 radical (unpaired) electrons. The van der Waals surface area contributed by atoms with E-state index in [9.17, 15) is 9.59 Å². The molecule has 156 valence electrons. The van der Waals surface area contributed by atoms with Crippen LogP contribution in [-0.4, -0.2) is 57.4 Å². The van der Waals surface area contributed by atoms with Crippen LogP contribution in [0, 0.1) is 0 Å². The zero-order chi connectivity index (χ0) is 21.3. The van der Waals surface area contributed by atoms with Gasteiger partial charge in [0.1, 0.15) is 0 Å². The van der Waals surface area contributed by atoms with E-state index in [0.717, 1.165) is 0 Å². The number of hydrogen-bond acceptors (Lipinski definition) is 6. The molecule has 1 atom stereocenters. The molecule has 2 aromatic heterocycles. The van der Waals surface area contributed by atoms with Crippen LogP contribution in [0.1, 0.15) is 22.4 Å². The number of piperazine rings is 1. The minimum absolute atomic E-state index is 0.00836. The Kier molecular flexibility index (Phi) is 6.08. The number of aromatic nitrogens is 2. The van der Waals surface area contributed by atoms with Crippen LogP contribution in [0.4, 0.5) is 0 Å². The normalized spacial score (nSPS) is 16.7. The second kappa shape index (κ2) is 8.75. The van der Waals surface area contributed by atoms with E-state index in [1.165, 1.54) is 11.3 Å². The Morgan fingerprint density at radius 2 is 2.07 bits per heavy atom. The van der Waals surface area contributed by atoms with E-state index in [4.69, 9.17) is 27.7 Å². The number of hydrogen-bond donors (Lipinski definition) is 0. The topological polar surface area (TPSA) is 79.5 Å². The maximum Gasteiger partial charge on any atom is 0.264 e. The summed E-state index contributed by atoms with van der Waals surface area (Å²) in [6.45, 7) is 3.37. The molecule has 1 unspecified atom stereocenters. The van der Waals surface area contributed by atoms with E-state index in [0.29, 0.717) is 45.9 Å². The molecule has 0 N–H and O–H groups in total. The van der Waals surface area contributed by atoms with Crippen molar-refractivity contribution < 1.29 is 14.1 Å². The summed E-state index contributed by atoms with van der Waals surface area (Å²) in [7, 11) is 0. The highest BCUT2D eigenvalue weighted by Gasteiger charge is 2.31. The van der Waals surface area contributed by atoms with Crippen molar-refractivity contribution in [2.75, 3.05) is 19.6 Å². The highest BCUT2D eigenvalue weighted by molar-refractivity contribution is 7.12. The standard InChI is InChI=1S/C20H18Cl2N4O3S/c1-12-11-25(6-7-26(12)20(28)16-3-2-8-30-16)18(27)10-17-23-19(29-24-17)13-4-5-14(21)15(22)9-13/h2-5,8-9,12H,6-7,10-11H2,1H3. The maximum atomic E-state index is 12.7. The average Bonchev–Trinajstić information content (AvgIpc) is 3.42. The maximum absolute atomic E-state index is 12.7. The molecule has 1 saturated heterocycles. The first kappa shape index (κ1) is 20.8. The smallest absolute Gasteiger partial charge is 0.264 e. The van der Waals surface area contributed by atoms with Gasteiger partial charge >= 0.3 is 0 Å². The Bertz CT molecular complexity index is 1070. The van der Waals surface area contributed by atoms with Gasteiger partial charge in [0.15, 0.2) is 5.82 Å². The van der Waals surface area contributed by atoms with Crippen LogP contribution in [0.5, 0.6) is 0 Å². The summed E-state index contributed by atoms with van der Waals surface area (Å²) in [4.78, 5) is 33.9. The number of amides is 2. The molecule has 10 heteroatoms. The lowest BCUT2D eigenvalue weighted by atomic mass is 10.1. The van der Waals surface area contributed by atoms with Gasteiger partial charge in [-0.15, -0.1) is 11.3 Å². The number of nitrogens with zero attached hydrogens (tertiary/aromatic N) is 4. The number of carbonyl (C=O) groups excluding carboxylic acids is 2. The summed E-state index contributed by atoms with van der Waals surface area (Å²) >= 11 is 13.4. The van der Waals surface area contributed by atoms with Crippen molar-refractivity contribution in [3.63, 3.8) is 0 Å². The highest BCUT2D eigenvalue weighted by Crippen LogP contribution is 2.27. The molecule has 30 heavy (non-hydrogen) atoms. The fourth-order valence-electron chi connectivity index (χ4n) is 3.35. The minimum atomic E-state index is -0.105. The molecule has 0 bridgehead atoms. The molecule has 7 nitrogen and oxygen atoms in total. The van der Waals surface area contributed by atoms with Gasteiger partial charge in [-0.25, -0.2) is 0 Å². The van der Waals surface area contributed by atoms with Crippen molar-refractivity contribution >= 4 is 46.4 Å². The Balaban J connectivity index is 1.37. The van der Waals surface area contributed by atoms with Crippen LogP contribution in [0.15, 0.2) is 40.2 Å². The molecule has 1 aliphatic rings. The van der Waals surface area contributed by atoms with Crippen molar-refractivity contribution in [2.24, 2.45) is 0 Å². The van der Waals surface area contributed by atoms with E-state index in [2.05, 4.69) is 10.1 Å². The molecule has 0 aliphatic carbocycles. The fraction of sp³-hybridized carbons (Fsp3) is 0.300. The van der Waals surface area contributed by atoms with Crippen molar-refractivity contribution in [3.05, 3.63) is 56.5 Å². The van der Waals surface area contributed by atoms with Crippen LogP contribution in [0.3, 0.4) is 0 Å². The number of benzene rings is 1. The van der Waals surface area contributed by atoms with Crippen molar-refractivity contribution in [1.29, 1.82) is 0 Å². The molecule has 1 aromatic carbocycles. The molecule has 0 spiro atoms. The van der Waals surface area contributed by atoms with Crippen molar-refractivity contribution in [2.45, 2.75) is 19.4 Å². The summed E-state index contributed by atoms with van der Waals surface area (Å²) in [5.41, 5.74) is 0.630. The zero-order valence-electron chi connectivity index (χ0n) is 16.0. The Morgan fingerprint density at radius 1 is 1.23 bits per heavy atom. The molecular weight excluding hydrogens is 447 g/mol. The third-order valence-electron chi connectivity index (χ3n) is 4.92. The SMILES string of the molecule is CC1CN(C(=O)Cc2noc(-c3ccc(Cl)c(Cl)c3)n2)CCN1C(=O)c1cccs1. The van der Waals surface area contributed by atoms with Gasteiger partial charge in [0.25, 0.3) is 11.8 Å². The third-order valence-corrected chi connectivity index (χ3v) is 6.51. The van der Waals surface area contributed by atoms with Crippen molar-refractivity contribution in [3.8, 4) is 11.5 Å². The second-order valence-electron chi connectivity index (χ2n) is 6.99. The monoisotopic (exact) mass is 464 g/mol. The van der Waals surface area contributed by atoms with Crippen LogP contribution in [-0.2, 0) is 11.2 Å². The summed E-state index contributed by atoms with van der Waals surface area (Å²) in [5.74, 6) is 0.475. The van der Waals surface area contributed by atoms with Crippen LogP contribution in [0.2, 0.25) is 10.0 Å². The summed E-state index contributed by atoms with van der Waals surface area (Å²) < 4.78 is 5.26. The molecule has 0 saturated carbocycles. The Hall–Kier alpha value is -2.42. The lowest BCUT2D eigenvalue weighted by Crippen LogP contribution is -2.55. The molecule has 4 rings (SSSR count). The summed E-state index contributed by atoms with van der Waals surface area (Å²) in [6.07, 6.45) is 0.0242. The third kappa shape index (κ3) is 4.35. The van der Waals surface area contributed by atoms with E-state index in [1.54, 1.807) is 23.1 Å². The number of carbonyl (C=O) groups is 2. The predicted octanol–water partition coefficient (Wildman–Crippen LogP) is 4.02. The number of thiophene rings is 1. The highest BCUT2D eigenvalue weighted by atomic mass is 35.5. The second-order valence-corrected chi connectivity index (χ2v) is 8.75. The lowest BCUT2D eigenvalue weighted by Gasteiger charge is -2.39. The van der Waals surface area contributed by atoms with Gasteiger partial charge in [0.05, 0.1) is 21.3 Å². The van der Waals surface area contributed by atoms with Crippen molar-refractivity contribution in [1.82, 2.24) is 19.9 Å². The minimum Gasteiger partial charge on any atom is -0.338 e. The van der Waals surface area contributed by atoms with Gasteiger partial charge in [0.2, 0.25) is 5.91 Å². The van der Waals surface area contributed by atoms with Crippen LogP contribution < -0.4 is 0 Å². The molecule has 1 aliphatic heterocycles.